The van der Waals surface area contributed by atoms with Crippen molar-refractivity contribution < 1.29 is 44.2 Å². The van der Waals surface area contributed by atoms with Gasteiger partial charge in [-0.05, 0) is 97.0 Å². The number of hydrogen-bond donors (Lipinski definition) is 0. The van der Waals surface area contributed by atoms with Crippen LogP contribution in [-0.4, -0.2) is 9.55 Å². The predicted octanol–water partition coefficient (Wildman–Crippen LogP) is 21.3. The molecule has 10 aromatic carbocycles. The normalized spacial score (nSPS) is 14.2. The Morgan fingerprint density at radius 2 is 1.00 bits per heavy atom. The first-order valence-corrected chi connectivity index (χ1v) is 28.2. The molecule has 85 heavy (non-hydrogen) atoms. The fraction of sp³-hybridized carbons (Fsp3) is 0.154. The molecule has 12 aromatic rings. The largest absolute Gasteiger partial charge is 0.509 e. The molecular weight excluding hydrogens is 1220 g/mol. The fourth-order valence-corrected chi connectivity index (χ4v) is 11.0. The van der Waals surface area contributed by atoms with Gasteiger partial charge in [-0.25, -0.2) is 4.98 Å². The van der Waals surface area contributed by atoms with Crippen LogP contribution in [0.1, 0.15) is 92.7 Å². The van der Waals surface area contributed by atoms with Crippen molar-refractivity contribution in [3.8, 4) is 73.3 Å². The predicted molar refractivity (Wildman–Crippen MR) is 349 cm³/mol. The van der Waals surface area contributed by atoms with Gasteiger partial charge < -0.3 is 23.8 Å². The van der Waals surface area contributed by atoms with Crippen LogP contribution in [0.15, 0.2) is 236 Å². The summed E-state index contributed by atoms with van der Waals surface area (Å²) in [5.74, 6) is 2.63. The molecule has 3 heterocycles. The number of nitrogens with zero attached hydrogens (tertiary/aromatic N) is 4. The van der Waals surface area contributed by atoms with Crippen LogP contribution >= 0.6 is 0 Å². The molecule has 13 rings (SSSR count). The Bertz CT molecular complexity index is 4810. The maximum absolute atomic E-state index is 9.33. The summed E-state index contributed by atoms with van der Waals surface area (Å²) in [6.07, 6.45) is 1.76. The molecule has 0 spiro atoms. The van der Waals surface area contributed by atoms with Gasteiger partial charge in [0.1, 0.15) is 17.3 Å². The van der Waals surface area contributed by atoms with E-state index in [2.05, 4.69) is 137 Å². The average molecular weight is 1300 g/mol. The Balaban J connectivity index is 0.00000864. The van der Waals surface area contributed by atoms with Crippen molar-refractivity contribution in [3.63, 3.8) is 0 Å². The second-order valence-electron chi connectivity index (χ2n) is 24.2. The van der Waals surface area contributed by atoms with Gasteiger partial charge in [0, 0.05) is 89.7 Å². The number of hydrogen-bond acceptors (Lipinski definition) is 5. The van der Waals surface area contributed by atoms with Gasteiger partial charge in [0.25, 0.3) is 0 Å². The maximum atomic E-state index is 9.33. The molecule has 0 saturated heterocycles. The van der Waals surface area contributed by atoms with Gasteiger partial charge in [-0.1, -0.05) is 225 Å². The van der Waals surface area contributed by atoms with Gasteiger partial charge >= 0.3 is 0 Å². The van der Waals surface area contributed by atoms with Gasteiger partial charge in [-0.3, -0.25) is 0 Å². The molecule has 0 amide bonds. The monoisotopic (exact) mass is 1300 g/mol. The van der Waals surface area contributed by atoms with Crippen molar-refractivity contribution in [1.29, 1.82) is 0 Å². The Morgan fingerprint density at radius 3 is 1.59 bits per heavy atom. The Morgan fingerprint density at radius 1 is 0.459 bits per heavy atom. The van der Waals surface area contributed by atoms with Crippen LogP contribution in [0.5, 0.6) is 23.0 Å². The van der Waals surface area contributed by atoms with E-state index >= 15 is 0 Å². The first kappa shape index (κ1) is 45.5. The van der Waals surface area contributed by atoms with Gasteiger partial charge in [0.05, 0.1) is 13.7 Å². The zero-order valence-electron chi connectivity index (χ0n) is 58.7. The zero-order chi connectivity index (χ0) is 66.6. The topological polar surface area (TPSA) is 42.8 Å². The summed E-state index contributed by atoms with van der Waals surface area (Å²) >= 11 is 0. The number of fused-ring (bicyclic) bond motifs is 4. The summed E-state index contributed by atoms with van der Waals surface area (Å²) in [5, 5.41) is 1.90. The minimum atomic E-state index is -0.647. The smallest absolute Gasteiger partial charge is 0.143 e. The first-order valence-electron chi connectivity index (χ1n) is 33.2. The van der Waals surface area contributed by atoms with Crippen LogP contribution in [0.4, 0.5) is 22.7 Å². The number of rotatable bonds is 11. The molecule has 0 fully saturated rings. The van der Waals surface area contributed by atoms with Gasteiger partial charge in [-0.2, -0.15) is 12.1 Å². The minimum absolute atomic E-state index is 0. The standard InChI is InChI=1S/C78H67N4O2.Pt/c1-76(2,3)56-38-34-54(35-39-56)63-29-21-30-64(55-36-40-57(41-37-55)77(4,5)6)75(63)84-62-44-45-79-73(50-62)82-69-31-17-16-28-65(69)66-43-42-61(49-72(66)82)83-60-27-20-26-59(48-60)80-51-81(71-33-19-18-32-70(71)80)74-67(52-22-12-10-13-23-52)46-58(78(7,8)9)47-68(74)53-24-14-11-15-25-53;/h10-47,50-51H,1-9H3;/q-3;/i10D,11D,12D,13D,14D,15D,22D,23D,24D,25D;. The third-order valence-corrected chi connectivity index (χ3v) is 15.5. The molecule has 0 N–H and O–H groups in total. The number of para-hydroxylation sites is 4. The molecule has 0 radical (unpaired) electrons. The third kappa shape index (κ3) is 11.1. The van der Waals surface area contributed by atoms with E-state index in [0.29, 0.717) is 57.0 Å². The second-order valence-corrected chi connectivity index (χ2v) is 24.2. The van der Waals surface area contributed by atoms with Crippen molar-refractivity contribution in [3.05, 3.63) is 272 Å². The molecule has 7 heteroatoms. The molecular formula is C78H67N4O2Pt-3. The van der Waals surface area contributed by atoms with Crippen molar-refractivity contribution in [2.45, 2.75) is 78.6 Å². The van der Waals surface area contributed by atoms with Crippen molar-refractivity contribution in [1.82, 2.24) is 9.55 Å². The van der Waals surface area contributed by atoms with E-state index in [0.717, 1.165) is 38.5 Å². The molecule has 0 aliphatic carbocycles. The van der Waals surface area contributed by atoms with Gasteiger partial charge in [0.15, 0.2) is 0 Å². The van der Waals surface area contributed by atoms with Crippen LogP contribution in [0.2, 0.25) is 0 Å². The van der Waals surface area contributed by atoms with Gasteiger partial charge in [-0.15, -0.1) is 48.1 Å². The molecule has 6 nitrogen and oxygen atoms in total. The van der Waals surface area contributed by atoms with E-state index in [1.165, 1.54) is 11.1 Å². The summed E-state index contributed by atoms with van der Waals surface area (Å²) < 4.78 is 106. The summed E-state index contributed by atoms with van der Waals surface area (Å²) in [6.45, 7) is 20.9. The number of pyridine rings is 1. The van der Waals surface area contributed by atoms with E-state index in [1.54, 1.807) is 36.0 Å². The van der Waals surface area contributed by atoms with Crippen molar-refractivity contribution in [2.24, 2.45) is 0 Å². The quantitative estimate of drug-likeness (QED) is 0.121. The molecule has 1 aliphatic heterocycles. The van der Waals surface area contributed by atoms with Crippen LogP contribution in [-0.2, 0) is 37.3 Å². The maximum Gasteiger partial charge on any atom is 0.143 e. The van der Waals surface area contributed by atoms with E-state index in [-0.39, 0.29) is 59.8 Å². The Labute approximate surface area is 529 Å². The van der Waals surface area contributed by atoms with Crippen LogP contribution < -0.4 is 19.3 Å². The van der Waals surface area contributed by atoms with E-state index in [1.807, 2.05) is 98.5 Å². The number of benzene rings is 10. The Kier molecular flexibility index (Phi) is 12.1. The van der Waals surface area contributed by atoms with Gasteiger partial charge in [0.2, 0.25) is 0 Å². The molecule has 0 bridgehead atoms. The summed E-state index contributed by atoms with van der Waals surface area (Å²) in [6, 6.07) is 57.9. The Hall–Kier alpha value is -8.96. The fourth-order valence-electron chi connectivity index (χ4n) is 11.0. The molecule has 0 atom stereocenters. The molecule has 1 aliphatic rings. The molecule has 424 valence electrons. The van der Waals surface area contributed by atoms with Crippen molar-refractivity contribution in [2.75, 3.05) is 9.80 Å². The average Bonchev–Trinajstić information content (AvgIpc) is 1.72. The van der Waals surface area contributed by atoms with Crippen LogP contribution in [0.25, 0.3) is 72.1 Å². The zero-order valence-corrected chi connectivity index (χ0v) is 51.0. The van der Waals surface area contributed by atoms with Crippen LogP contribution in [0, 0.1) is 18.8 Å². The summed E-state index contributed by atoms with van der Waals surface area (Å²) in [5.41, 5.74) is 10.0. The SMILES string of the molecule is [2H]c1c([2H])c([2H])c(-c2cc(C(C)(C)C)cc(-c3c([2H])c([2H])c([2H])c([2H])c3[2H])c2N2[CH-]N(c3[c-]c(Oc4[c-]c5c(cc4)c4ccccc4n5-c4cc(Oc5c(-c6ccc(C(C)(C)C)cc6)cccc5-c5ccc(C(C)(C)C)cc5)ccn4)ccc3)c3ccccc32)c([2H])c1[2H].[Pt]. The number of anilines is 4. The number of aromatic nitrogens is 2. The third-order valence-electron chi connectivity index (χ3n) is 15.5. The van der Waals surface area contributed by atoms with E-state index < -0.39 is 65.8 Å². The minimum Gasteiger partial charge on any atom is -0.509 e. The molecule has 2 aromatic heterocycles. The van der Waals surface area contributed by atoms with Crippen LogP contribution in [0.3, 0.4) is 0 Å². The van der Waals surface area contributed by atoms with Crippen molar-refractivity contribution >= 4 is 44.6 Å². The summed E-state index contributed by atoms with van der Waals surface area (Å²) in [4.78, 5) is 8.63. The molecule has 0 saturated carbocycles. The summed E-state index contributed by atoms with van der Waals surface area (Å²) in [7, 11) is 0. The number of ether oxygens (including phenoxy) is 2. The van der Waals surface area contributed by atoms with E-state index in [9.17, 15) is 5.48 Å². The molecule has 0 unspecified atom stereocenters. The van der Waals surface area contributed by atoms with E-state index in [4.69, 9.17) is 22.7 Å². The second kappa shape index (κ2) is 22.6. The first-order chi connectivity index (χ1) is 44.7.